The molecule has 1 saturated carbocycles. The van der Waals surface area contributed by atoms with Crippen LogP contribution in [0.5, 0.6) is 0 Å². The lowest BCUT2D eigenvalue weighted by atomic mass is 9.90. The van der Waals surface area contributed by atoms with Crippen LogP contribution in [0.15, 0.2) is 18.2 Å². The molecule has 1 aliphatic carbocycles. The monoisotopic (exact) mass is 227 g/mol. The van der Waals surface area contributed by atoms with Gasteiger partial charge in [-0.3, -0.25) is 0 Å². The molecule has 0 heterocycles. The van der Waals surface area contributed by atoms with E-state index in [-0.39, 0.29) is 11.4 Å². The Bertz CT molecular complexity index is 338. The van der Waals surface area contributed by atoms with Crippen molar-refractivity contribution in [1.29, 1.82) is 0 Å². The van der Waals surface area contributed by atoms with Crippen molar-refractivity contribution in [1.82, 2.24) is 0 Å². The first-order valence-corrected chi connectivity index (χ1v) is 5.70. The predicted molar refractivity (Wildman–Crippen MR) is 60.5 cm³/mol. The molecule has 0 spiro atoms. The van der Waals surface area contributed by atoms with E-state index in [1.54, 1.807) is 12.1 Å². The highest BCUT2D eigenvalue weighted by atomic mass is 35.5. The van der Waals surface area contributed by atoms with Gasteiger partial charge in [-0.2, -0.15) is 0 Å². The van der Waals surface area contributed by atoms with Gasteiger partial charge in [0.25, 0.3) is 0 Å². The molecule has 1 nitrogen and oxygen atoms in total. The number of halogens is 2. The fourth-order valence-electron chi connectivity index (χ4n) is 2.31. The average Bonchev–Trinajstić information content (AvgIpc) is 2.60. The highest BCUT2D eigenvalue weighted by molar-refractivity contribution is 6.31. The maximum atomic E-state index is 13.5. The number of nitrogens with two attached hydrogens (primary N) is 1. The Morgan fingerprint density at radius 1 is 1.33 bits per heavy atom. The van der Waals surface area contributed by atoms with Crippen LogP contribution in [0.1, 0.15) is 31.2 Å². The topological polar surface area (TPSA) is 26.0 Å². The van der Waals surface area contributed by atoms with Gasteiger partial charge in [0, 0.05) is 16.1 Å². The molecule has 2 rings (SSSR count). The summed E-state index contributed by atoms with van der Waals surface area (Å²) in [6, 6.07) is 4.79. The van der Waals surface area contributed by atoms with Gasteiger partial charge in [0.1, 0.15) is 5.82 Å². The molecule has 0 atom stereocenters. The van der Waals surface area contributed by atoms with Crippen LogP contribution in [-0.2, 0) is 6.42 Å². The van der Waals surface area contributed by atoms with Crippen LogP contribution >= 0.6 is 11.6 Å². The molecule has 1 aromatic carbocycles. The molecule has 0 amide bonds. The van der Waals surface area contributed by atoms with Gasteiger partial charge in [-0.15, -0.1) is 0 Å². The van der Waals surface area contributed by atoms with Crippen LogP contribution in [0.4, 0.5) is 4.39 Å². The highest BCUT2D eigenvalue weighted by Crippen LogP contribution is 2.33. The average molecular weight is 228 g/mol. The van der Waals surface area contributed by atoms with Gasteiger partial charge in [0.05, 0.1) is 0 Å². The van der Waals surface area contributed by atoms with Crippen molar-refractivity contribution in [3.05, 3.63) is 34.6 Å². The van der Waals surface area contributed by atoms with E-state index in [0.717, 1.165) is 25.7 Å². The number of hydrogen-bond donors (Lipinski definition) is 1. The number of rotatable bonds is 2. The normalized spacial score (nSPS) is 19.4. The Morgan fingerprint density at radius 3 is 2.60 bits per heavy atom. The van der Waals surface area contributed by atoms with E-state index >= 15 is 0 Å². The minimum atomic E-state index is -0.244. The maximum absolute atomic E-state index is 13.5. The third-order valence-corrected chi connectivity index (χ3v) is 3.54. The summed E-state index contributed by atoms with van der Waals surface area (Å²) in [5, 5.41) is 0.492. The number of hydrogen-bond acceptors (Lipinski definition) is 1. The Hall–Kier alpha value is -0.600. The Morgan fingerprint density at radius 2 is 2.00 bits per heavy atom. The zero-order valence-corrected chi connectivity index (χ0v) is 9.36. The van der Waals surface area contributed by atoms with Crippen molar-refractivity contribution in [3.63, 3.8) is 0 Å². The van der Waals surface area contributed by atoms with Crippen LogP contribution in [-0.4, -0.2) is 5.54 Å². The Labute approximate surface area is 94.4 Å². The van der Waals surface area contributed by atoms with Crippen molar-refractivity contribution >= 4 is 11.6 Å². The summed E-state index contributed by atoms with van der Waals surface area (Å²) in [5.41, 5.74) is 6.53. The molecular weight excluding hydrogens is 213 g/mol. The van der Waals surface area contributed by atoms with E-state index in [9.17, 15) is 4.39 Å². The predicted octanol–water partition coefficient (Wildman–Crippen LogP) is 3.29. The maximum Gasteiger partial charge on any atom is 0.127 e. The van der Waals surface area contributed by atoms with Crippen molar-refractivity contribution in [2.75, 3.05) is 0 Å². The third kappa shape index (κ3) is 2.32. The van der Waals surface area contributed by atoms with Gasteiger partial charge in [-0.05, 0) is 31.4 Å². The lowest BCUT2D eigenvalue weighted by molar-refractivity contribution is 0.427. The number of benzene rings is 1. The molecular formula is C12H15ClFN. The second kappa shape index (κ2) is 4.11. The largest absolute Gasteiger partial charge is 0.325 e. The first-order chi connectivity index (χ1) is 7.11. The highest BCUT2D eigenvalue weighted by Gasteiger charge is 2.30. The summed E-state index contributed by atoms with van der Waals surface area (Å²) in [5.74, 6) is -0.237. The summed E-state index contributed by atoms with van der Waals surface area (Å²) < 4.78 is 13.5. The van der Waals surface area contributed by atoms with Crippen LogP contribution in [0, 0.1) is 5.82 Å². The Balaban J connectivity index is 2.23. The molecule has 1 aromatic rings. The second-order valence-corrected chi connectivity index (χ2v) is 4.85. The van der Waals surface area contributed by atoms with Crippen molar-refractivity contribution in [2.24, 2.45) is 5.73 Å². The van der Waals surface area contributed by atoms with Crippen LogP contribution in [0.25, 0.3) is 0 Å². The summed E-state index contributed by atoms with van der Waals surface area (Å²) in [6.07, 6.45) is 4.78. The molecule has 0 saturated heterocycles. The SMILES string of the molecule is NC1(Cc2c(F)cccc2Cl)CCCC1. The summed E-state index contributed by atoms with van der Waals surface area (Å²) >= 11 is 5.97. The minimum Gasteiger partial charge on any atom is -0.325 e. The van der Waals surface area contributed by atoms with Gasteiger partial charge in [0.2, 0.25) is 0 Å². The molecule has 0 aliphatic heterocycles. The fraction of sp³-hybridized carbons (Fsp3) is 0.500. The van der Waals surface area contributed by atoms with E-state index in [4.69, 9.17) is 17.3 Å². The van der Waals surface area contributed by atoms with Gasteiger partial charge in [-0.1, -0.05) is 30.5 Å². The van der Waals surface area contributed by atoms with E-state index in [1.807, 2.05) is 0 Å². The van der Waals surface area contributed by atoms with Crippen LogP contribution < -0.4 is 5.73 Å². The molecule has 82 valence electrons. The summed E-state index contributed by atoms with van der Waals surface area (Å²) in [7, 11) is 0. The molecule has 3 heteroatoms. The Kier molecular flexibility index (Phi) is 2.98. The van der Waals surface area contributed by atoms with Gasteiger partial charge < -0.3 is 5.73 Å². The quantitative estimate of drug-likeness (QED) is 0.825. The van der Waals surface area contributed by atoms with Gasteiger partial charge in [0.15, 0.2) is 0 Å². The van der Waals surface area contributed by atoms with E-state index in [2.05, 4.69) is 0 Å². The van der Waals surface area contributed by atoms with Crippen molar-refractivity contribution in [2.45, 2.75) is 37.6 Å². The lowest BCUT2D eigenvalue weighted by Gasteiger charge is -2.24. The van der Waals surface area contributed by atoms with Gasteiger partial charge >= 0.3 is 0 Å². The second-order valence-electron chi connectivity index (χ2n) is 4.45. The first kappa shape index (κ1) is 10.9. The zero-order chi connectivity index (χ0) is 10.9. The fourth-order valence-corrected chi connectivity index (χ4v) is 2.54. The smallest absolute Gasteiger partial charge is 0.127 e. The standard InChI is InChI=1S/C12H15ClFN/c13-10-4-3-5-11(14)9(10)8-12(15)6-1-2-7-12/h3-5H,1-2,6-8,15H2. The summed E-state index contributed by atoms with van der Waals surface area (Å²) in [6.45, 7) is 0. The molecule has 1 fully saturated rings. The minimum absolute atomic E-state index is 0.237. The van der Waals surface area contributed by atoms with Gasteiger partial charge in [-0.25, -0.2) is 4.39 Å². The zero-order valence-electron chi connectivity index (χ0n) is 8.60. The molecule has 0 bridgehead atoms. The third-order valence-electron chi connectivity index (χ3n) is 3.19. The van der Waals surface area contributed by atoms with E-state index < -0.39 is 0 Å². The molecule has 2 N–H and O–H groups in total. The summed E-state index contributed by atoms with van der Waals surface area (Å²) in [4.78, 5) is 0. The molecule has 0 aromatic heterocycles. The molecule has 0 unspecified atom stereocenters. The van der Waals surface area contributed by atoms with E-state index in [1.165, 1.54) is 6.07 Å². The first-order valence-electron chi connectivity index (χ1n) is 5.32. The van der Waals surface area contributed by atoms with Crippen molar-refractivity contribution in [3.8, 4) is 0 Å². The molecule has 0 radical (unpaired) electrons. The van der Waals surface area contributed by atoms with Crippen molar-refractivity contribution < 1.29 is 4.39 Å². The molecule has 15 heavy (non-hydrogen) atoms. The van der Waals surface area contributed by atoms with Crippen LogP contribution in [0.3, 0.4) is 0 Å². The molecule has 1 aliphatic rings. The lowest BCUT2D eigenvalue weighted by Crippen LogP contribution is -2.39. The van der Waals surface area contributed by atoms with E-state index in [0.29, 0.717) is 17.0 Å². The van der Waals surface area contributed by atoms with Crippen LogP contribution in [0.2, 0.25) is 5.02 Å².